The van der Waals surface area contributed by atoms with Gasteiger partial charge in [0.2, 0.25) is 10.0 Å². The molecule has 2 heterocycles. The van der Waals surface area contributed by atoms with Gasteiger partial charge in [0, 0.05) is 52.9 Å². The Morgan fingerprint density at radius 1 is 1.16 bits per heavy atom. The van der Waals surface area contributed by atoms with E-state index in [2.05, 4.69) is 15.2 Å². The molecule has 1 N–H and O–H groups in total. The second kappa shape index (κ2) is 10.4. The lowest BCUT2D eigenvalue weighted by Gasteiger charge is -2.36. The van der Waals surface area contributed by atoms with Gasteiger partial charge in [0.05, 0.1) is 12.4 Å². The maximum absolute atomic E-state index is 11.8. The fourth-order valence-electron chi connectivity index (χ4n) is 2.88. The number of nitrogens with zero attached hydrogens (tertiary/aromatic N) is 4. The predicted molar refractivity (Wildman–Crippen MR) is 107 cm³/mol. The van der Waals surface area contributed by atoms with Crippen LogP contribution in [0, 0.1) is 0 Å². The summed E-state index contributed by atoms with van der Waals surface area (Å²) in [4.78, 5) is 19.7. The zero-order valence-corrected chi connectivity index (χ0v) is 18.0. The van der Waals surface area contributed by atoms with Crippen LogP contribution in [0.2, 0.25) is 0 Å². The molecule has 2 aliphatic heterocycles. The zero-order chi connectivity index (χ0) is 17.6. The zero-order valence-electron chi connectivity index (χ0n) is 14.8. The van der Waals surface area contributed by atoms with Gasteiger partial charge in [0.15, 0.2) is 5.96 Å². The van der Waals surface area contributed by atoms with Crippen molar-refractivity contribution < 1.29 is 17.9 Å². The Bertz CT molecular complexity index is 564. The number of nitrogens with one attached hydrogen (secondary N) is 1. The highest BCUT2D eigenvalue weighted by molar-refractivity contribution is 14.0. The number of hydrogen-bond acceptors (Lipinski definition) is 5. The summed E-state index contributed by atoms with van der Waals surface area (Å²) < 4.78 is 30.1. The molecule has 9 nitrogen and oxygen atoms in total. The first kappa shape index (κ1) is 22.2. The van der Waals surface area contributed by atoms with Crippen molar-refractivity contribution in [3.8, 4) is 0 Å². The van der Waals surface area contributed by atoms with E-state index >= 15 is 0 Å². The largest absolute Gasteiger partial charge is 0.450 e. The number of guanidine groups is 1. The molecule has 146 valence electrons. The Morgan fingerprint density at radius 2 is 1.80 bits per heavy atom. The molecule has 2 aliphatic rings. The lowest BCUT2D eigenvalue weighted by Crippen LogP contribution is -2.54. The molecule has 0 bridgehead atoms. The molecule has 0 atom stereocenters. The van der Waals surface area contributed by atoms with Crippen molar-refractivity contribution in [1.82, 2.24) is 19.4 Å². The van der Waals surface area contributed by atoms with Crippen LogP contribution < -0.4 is 5.32 Å². The van der Waals surface area contributed by atoms with Crippen molar-refractivity contribution in [2.45, 2.75) is 13.3 Å². The fourth-order valence-corrected chi connectivity index (χ4v) is 4.41. The summed E-state index contributed by atoms with van der Waals surface area (Å²) in [6, 6.07) is 0. The molecule has 0 saturated carbocycles. The SMILES string of the molecule is CCOC(=O)N1CCN(C(=NC)NCCN2CCCS2(=O)=O)CC1.I. The van der Waals surface area contributed by atoms with E-state index in [1.54, 1.807) is 18.9 Å². The molecule has 11 heteroatoms. The number of aliphatic imine (C=N–C) groups is 1. The number of sulfonamides is 1. The van der Waals surface area contributed by atoms with Crippen molar-refractivity contribution in [3.05, 3.63) is 0 Å². The summed E-state index contributed by atoms with van der Waals surface area (Å²) in [5, 5.41) is 3.21. The summed E-state index contributed by atoms with van der Waals surface area (Å²) in [5.74, 6) is 0.979. The van der Waals surface area contributed by atoms with Crippen LogP contribution in [0.4, 0.5) is 4.79 Å². The quantitative estimate of drug-likeness (QED) is 0.339. The number of halogens is 1. The Labute approximate surface area is 166 Å². The van der Waals surface area contributed by atoms with Crippen LogP contribution in [0.25, 0.3) is 0 Å². The number of hydrogen-bond donors (Lipinski definition) is 1. The van der Waals surface area contributed by atoms with Crippen LogP contribution >= 0.6 is 24.0 Å². The van der Waals surface area contributed by atoms with Gasteiger partial charge in [-0.25, -0.2) is 17.5 Å². The van der Waals surface area contributed by atoms with E-state index in [9.17, 15) is 13.2 Å². The molecule has 25 heavy (non-hydrogen) atoms. The Kier molecular flexibility index (Phi) is 9.21. The van der Waals surface area contributed by atoms with E-state index in [0.29, 0.717) is 58.8 Å². The van der Waals surface area contributed by atoms with Gasteiger partial charge in [-0.3, -0.25) is 4.99 Å². The highest BCUT2D eigenvalue weighted by Gasteiger charge is 2.28. The summed E-state index contributed by atoms with van der Waals surface area (Å²) >= 11 is 0. The van der Waals surface area contributed by atoms with Gasteiger partial charge in [-0.15, -0.1) is 24.0 Å². The number of carbonyl (C=O) groups is 1. The smallest absolute Gasteiger partial charge is 0.409 e. The topological polar surface area (TPSA) is 94.6 Å². The van der Waals surface area contributed by atoms with Gasteiger partial charge in [0.25, 0.3) is 0 Å². The van der Waals surface area contributed by atoms with E-state index in [1.807, 2.05) is 0 Å². The van der Waals surface area contributed by atoms with Crippen LogP contribution in [0.15, 0.2) is 4.99 Å². The summed E-state index contributed by atoms with van der Waals surface area (Å²) in [7, 11) is -1.36. The molecule has 0 aromatic heterocycles. The molecular weight excluding hydrogens is 461 g/mol. The maximum atomic E-state index is 11.8. The summed E-state index contributed by atoms with van der Waals surface area (Å²) in [6.45, 7) is 6.23. The lowest BCUT2D eigenvalue weighted by molar-refractivity contribution is 0.0914. The van der Waals surface area contributed by atoms with Gasteiger partial charge in [-0.05, 0) is 13.3 Å². The highest BCUT2D eigenvalue weighted by Crippen LogP contribution is 2.12. The minimum Gasteiger partial charge on any atom is -0.450 e. The molecule has 0 aliphatic carbocycles. The molecule has 2 saturated heterocycles. The number of amides is 1. The summed E-state index contributed by atoms with van der Waals surface area (Å²) in [5.41, 5.74) is 0. The second-order valence-electron chi connectivity index (χ2n) is 5.72. The molecule has 2 rings (SSSR count). The van der Waals surface area contributed by atoms with Crippen LogP contribution in [-0.2, 0) is 14.8 Å². The number of piperazine rings is 1. The molecule has 0 aromatic carbocycles. The second-order valence-corrected chi connectivity index (χ2v) is 7.80. The van der Waals surface area contributed by atoms with Gasteiger partial charge in [-0.2, -0.15) is 0 Å². The van der Waals surface area contributed by atoms with Crippen molar-refractivity contribution in [1.29, 1.82) is 0 Å². The van der Waals surface area contributed by atoms with Crippen molar-refractivity contribution >= 4 is 46.1 Å². The first-order valence-electron chi connectivity index (χ1n) is 8.33. The third-order valence-electron chi connectivity index (χ3n) is 4.16. The third-order valence-corrected chi connectivity index (χ3v) is 6.12. The predicted octanol–water partition coefficient (Wildman–Crippen LogP) is -0.0106. The minimum atomic E-state index is -3.06. The van der Waals surface area contributed by atoms with E-state index in [-0.39, 0.29) is 35.8 Å². The number of ether oxygens (including phenoxy) is 1. The van der Waals surface area contributed by atoms with Gasteiger partial charge >= 0.3 is 6.09 Å². The van der Waals surface area contributed by atoms with Crippen LogP contribution in [0.3, 0.4) is 0 Å². The van der Waals surface area contributed by atoms with Crippen LogP contribution in [-0.4, -0.2) is 99.8 Å². The Hall–Kier alpha value is -0.820. The van der Waals surface area contributed by atoms with Crippen molar-refractivity contribution in [2.75, 3.05) is 65.2 Å². The standard InChI is InChI=1S/C14H27N5O4S.HI/c1-3-23-14(20)18-10-8-17(9-11-18)13(15-2)16-5-7-19-6-4-12-24(19,21)22;/h3-12H2,1-2H3,(H,15,16);1H. The first-order valence-corrected chi connectivity index (χ1v) is 9.94. The van der Waals surface area contributed by atoms with Gasteiger partial charge in [-0.1, -0.05) is 0 Å². The average Bonchev–Trinajstić information content (AvgIpc) is 2.90. The van der Waals surface area contributed by atoms with Crippen molar-refractivity contribution in [2.24, 2.45) is 4.99 Å². The van der Waals surface area contributed by atoms with E-state index in [1.165, 1.54) is 4.31 Å². The number of rotatable bonds is 4. The van der Waals surface area contributed by atoms with E-state index in [0.717, 1.165) is 5.96 Å². The minimum absolute atomic E-state index is 0. The molecule has 0 spiro atoms. The fraction of sp³-hybridized carbons (Fsp3) is 0.857. The molecular formula is C14H28IN5O4S. The Morgan fingerprint density at radius 3 is 2.32 bits per heavy atom. The van der Waals surface area contributed by atoms with Gasteiger partial charge in [0.1, 0.15) is 0 Å². The van der Waals surface area contributed by atoms with Crippen LogP contribution in [0.5, 0.6) is 0 Å². The van der Waals surface area contributed by atoms with Crippen molar-refractivity contribution in [3.63, 3.8) is 0 Å². The van der Waals surface area contributed by atoms with Crippen LogP contribution in [0.1, 0.15) is 13.3 Å². The maximum Gasteiger partial charge on any atom is 0.409 e. The van der Waals surface area contributed by atoms with E-state index in [4.69, 9.17) is 4.74 Å². The Balaban J connectivity index is 0.00000312. The average molecular weight is 489 g/mol. The highest BCUT2D eigenvalue weighted by atomic mass is 127. The first-order chi connectivity index (χ1) is 11.5. The molecule has 2 fully saturated rings. The molecule has 0 radical (unpaired) electrons. The normalized spacial score (nSPS) is 21.0. The summed E-state index contributed by atoms with van der Waals surface area (Å²) in [6.07, 6.45) is 0.423. The monoisotopic (exact) mass is 489 g/mol. The third kappa shape index (κ3) is 6.13. The molecule has 1 amide bonds. The molecule has 0 unspecified atom stereocenters. The molecule has 0 aromatic rings. The lowest BCUT2D eigenvalue weighted by atomic mass is 10.3. The van der Waals surface area contributed by atoms with E-state index < -0.39 is 10.0 Å². The number of carbonyl (C=O) groups excluding carboxylic acids is 1. The van der Waals surface area contributed by atoms with Gasteiger partial charge < -0.3 is 19.9 Å².